The molecule has 0 aliphatic heterocycles. The number of aromatic nitrogens is 2. The largest absolute Gasteiger partial charge is 0.301 e. The van der Waals surface area contributed by atoms with E-state index in [-0.39, 0.29) is 5.56 Å². The van der Waals surface area contributed by atoms with Gasteiger partial charge in [-0.1, -0.05) is 18.7 Å². The van der Waals surface area contributed by atoms with Gasteiger partial charge >= 0.3 is 0 Å². The molecule has 0 amide bonds. The Morgan fingerprint density at radius 1 is 1.62 bits per heavy atom. The molecular formula is C9H12N2OS. The summed E-state index contributed by atoms with van der Waals surface area (Å²) in [4.78, 5) is 18.7. The number of nitrogens with one attached hydrogen (secondary N) is 1. The van der Waals surface area contributed by atoms with Gasteiger partial charge in [-0.3, -0.25) is 4.79 Å². The van der Waals surface area contributed by atoms with Crippen molar-refractivity contribution in [1.82, 2.24) is 9.97 Å². The fourth-order valence-corrected chi connectivity index (χ4v) is 2.12. The molecule has 3 nitrogen and oxygen atoms in total. The lowest BCUT2D eigenvalue weighted by Gasteiger charge is -2.03. The highest BCUT2D eigenvalue weighted by atomic mass is 32.2. The predicted molar refractivity (Wildman–Crippen MR) is 53.4 cm³/mol. The standard InChI is InChI=1S/C9H12N2OS/c1-5-3-4-6-7(5)10-9(13-2)11-8(6)12/h5H,3-4H2,1-2H3,(H,10,11,12). The van der Waals surface area contributed by atoms with Crippen molar-refractivity contribution in [2.45, 2.75) is 30.8 Å². The maximum absolute atomic E-state index is 11.5. The van der Waals surface area contributed by atoms with Gasteiger partial charge in [0, 0.05) is 5.56 Å². The van der Waals surface area contributed by atoms with Crippen molar-refractivity contribution in [2.75, 3.05) is 6.26 Å². The molecule has 1 heterocycles. The first kappa shape index (κ1) is 8.81. The molecule has 1 aromatic heterocycles. The van der Waals surface area contributed by atoms with Crippen LogP contribution in [0.5, 0.6) is 0 Å². The zero-order chi connectivity index (χ0) is 9.42. The van der Waals surface area contributed by atoms with Gasteiger partial charge in [0.05, 0.1) is 5.69 Å². The van der Waals surface area contributed by atoms with E-state index in [1.807, 2.05) is 6.26 Å². The van der Waals surface area contributed by atoms with E-state index < -0.39 is 0 Å². The van der Waals surface area contributed by atoms with Crippen molar-refractivity contribution in [3.05, 3.63) is 21.6 Å². The normalized spacial score (nSPS) is 20.3. The summed E-state index contributed by atoms with van der Waals surface area (Å²) in [5.41, 5.74) is 1.96. The van der Waals surface area contributed by atoms with E-state index in [0.29, 0.717) is 5.92 Å². The molecule has 0 saturated carbocycles. The number of aromatic amines is 1. The molecule has 0 spiro atoms. The molecule has 1 aromatic rings. The number of fused-ring (bicyclic) bond motifs is 1. The lowest BCUT2D eigenvalue weighted by atomic mass is 10.1. The van der Waals surface area contributed by atoms with Gasteiger partial charge in [0.2, 0.25) is 0 Å². The average Bonchev–Trinajstić information content (AvgIpc) is 2.48. The van der Waals surface area contributed by atoms with E-state index in [0.717, 1.165) is 29.3 Å². The van der Waals surface area contributed by atoms with Crippen LogP contribution in [0.15, 0.2) is 9.95 Å². The highest BCUT2D eigenvalue weighted by molar-refractivity contribution is 7.98. The molecule has 0 aromatic carbocycles. The van der Waals surface area contributed by atoms with Crippen LogP contribution >= 0.6 is 11.8 Å². The van der Waals surface area contributed by atoms with Gasteiger partial charge in [0.1, 0.15) is 0 Å². The third-order valence-electron chi connectivity index (χ3n) is 2.51. The molecule has 13 heavy (non-hydrogen) atoms. The number of hydrogen-bond donors (Lipinski definition) is 1. The van der Waals surface area contributed by atoms with Crippen molar-refractivity contribution in [1.29, 1.82) is 0 Å². The van der Waals surface area contributed by atoms with Crippen LogP contribution < -0.4 is 5.56 Å². The molecule has 1 aliphatic rings. The number of rotatable bonds is 1. The van der Waals surface area contributed by atoms with Gasteiger partial charge in [-0.05, 0) is 25.0 Å². The molecular weight excluding hydrogens is 184 g/mol. The van der Waals surface area contributed by atoms with E-state index in [4.69, 9.17) is 0 Å². The first-order valence-electron chi connectivity index (χ1n) is 4.39. The first-order chi connectivity index (χ1) is 6.22. The molecule has 1 atom stereocenters. The van der Waals surface area contributed by atoms with Gasteiger partial charge < -0.3 is 4.98 Å². The Kier molecular flexibility index (Phi) is 2.15. The first-order valence-corrected chi connectivity index (χ1v) is 5.62. The van der Waals surface area contributed by atoms with Gasteiger partial charge in [-0.2, -0.15) is 0 Å². The SMILES string of the molecule is CSc1nc2c(c(=O)[nH]1)CCC2C. The average molecular weight is 196 g/mol. The Morgan fingerprint density at radius 3 is 3.08 bits per heavy atom. The van der Waals surface area contributed by atoms with E-state index in [9.17, 15) is 4.79 Å². The number of thioether (sulfide) groups is 1. The summed E-state index contributed by atoms with van der Waals surface area (Å²) in [7, 11) is 0. The maximum atomic E-state index is 11.5. The molecule has 0 fully saturated rings. The van der Waals surface area contributed by atoms with Gasteiger partial charge in [-0.25, -0.2) is 4.98 Å². The molecule has 1 N–H and O–H groups in total. The van der Waals surface area contributed by atoms with Crippen LogP contribution in [0.2, 0.25) is 0 Å². The van der Waals surface area contributed by atoms with Gasteiger partial charge in [0.15, 0.2) is 5.16 Å². The topological polar surface area (TPSA) is 45.8 Å². The second-order valence-electron chi connectivity index (χ2n) is 3.38. The van der Waals surface area contributed by atoms with Crippen LogP contribution in [-0.2, 0) is 6.42 Å². The van der Waals surface area contributed by atoms with Crippen molar-refractivity contribution in [2.24, 2.45) is 0 Å². The molecule has 70 valence electrons. The summed E-state index contributed by atoms with van der Waals surface area (Å²) in [6.07, 6.45) is 3.86. The molecule has 0 bridgehead atoms. The zero-order valence-electron chi connectivity index (χ0n) is 7.76. The van der Waals surface area contributed by atoms with Crippen LogP contribution in [0, 0.1) is 0 Å². The Balaban J connectivity index is 2.60. The number of nitrogens with zero attached hydrogens (tertiary/aromatic N) is 1. The number of H-pyrrole nitrogens is 1. The molecule has 1 aliphatic carbocycles. The molecule has 1 unspecified atom stereocenters. The summed E-state index contributed by atoms with van der Waals surface area (Å²) >= 11 is 1.48. The predicted octanol–water partition coefficient (Wildman–Crippen LogP) is 1.54. The fourth-order valence-electron chi connectivity index (χ4n) is 1.74. The number of hydrogen-bond acceptors (Lipinski definition) is 3. The van der Waals surface area contributed by atoms with E-state index in [2.05, 4.69) is 16.9 Å². The lowest BCUT2D eigenvalue weighted by Crippen LogP contribution is -2.15. The van der Waals surface area contributed by atoms with Crippen LogP contribution in [0.1, 0.15) is 30.5 Å². The van der Waals surface area contributed by atoms with Crippen LogP contribution in [0.25, 0.3) is 0 Å². The van der Waals surface area contributed by atoms with Crippen molar-refractivity contribution in [3.63, 3.8) is 0 Å². The van der Waals surface area contributed by atoms with Crippen molar-refractivity contribution >= 4 is 11.8 Å². The maximum Gasteiger partial charge on any atom is 0.254 e. The van der Waals surface area contributed by atoms with Crippen LogP contribution in [-0.4, -0.2) is 16.2 Å². The molecule has 0 saturated heterocycles. The van der Waals surface area contributed by atoms with Crippen LogP contribution in [0.4, 0.5) is 0 Å². The minimum atomic E-state index is 0.0544. The lowest BCUT2D eigenvalue weighted by molar-refractivity contribution is 0.720. The quantitative estimate of drug-likeness (QED) is 0.547. The summed E-state index contributed by atoms with van der Waals surface area (Å²) in [6.45, 7) is 2.13. The summed E-state index contributed by atoms with van der Waals surface area (Å²) in [6, 6.07) is 0. The second kappa shape index (κ2) is 3.18. The molecule has 4 heteroatoms. The van der Waals surface area contributed by atoms with E-state index >= 15 is 0 Å². The van der Waals surface area contributed by atoms with Crippen molar-refractivity contribution in [3.8, 4) is 0 Å². The minimum Gasteiger partial charge on any atom is -0.301 e. The summed E-state index contributed by atoms with van der Waals surface area (Å²) < 4.78 is 0. The highest BCUT2D eigenvalue weighted by Gasteiger charge is 2.23. The fraction of sp³-hybridized carbons (Fsp3) is 0.556. The Labute approximate surface area is 81.0 Å². The monoisotopic (exact) mass is 196 g/mol. The van der Waals surface area contributed by atoms with Crippen LogP contribution in [0.3, 0.4) is 0 Å². The Hall–Kier alpha value is -0.770. The smallest absolute Gasteiger partial charge is 0.254 e. The molecule has 2 rings (SSSR count). The van der Waals surface area contributed by atoms with Gasteiger partial charge in [0.25, 0.3) is 5.56 Å². The third-order valence-corrected chi connectivity index (χ3v) is 3.09. The third kappa shape index (κ3) is 1.39. The Bertz CT molecular complexity index is 386. The second-order valence-corrected chi connectivity index (χ2v) is 4.17. The van der Waals surface area contributed by atoms with Crippen molar-refractivity contribution < 1.29 is 0 Å². The van der Waals surface area contributed by atoms with Gasteiger partial charge in [-0.15, -0.1) is 0 Å². The zero-order valence-corrected chi connectivity index (χ0v) is 8.57. The van der Waals surface area contributed by atoms with E-state index in [1.54, 1.807) is 0 Å². The highest BCUT2D eigenvalue weighted by Crippen LogP contribution is 2.29. The van der Waals surface area contributed by atoms with E-state index in [1.165, 1.54) is 11.8 Å². The summed E-state index contributed by atoms with van der Waals surface area (Å²) in [5.74, 6) is 0.447. The molecule has 0 radical (unpaired) electrons. The Morgan fingerprint density at radius 2 is 2.38 bits per heavy atom. The summed E-state index contributed by atoms with van der Waals surface area (Å²) in [5, 5.41) is 0.734. The minimum absolute atomic E-state index is 0.0544.